The van der Waals surface area contributed by atoms with E-state index in [1.54, 1.807) is 38.1 Å². The third kappa shape index (κ3) is 3.26. The molecular weight excluding hydrogens is 296 g/mol. The maximum atomic E-state index is 12.3. The summed E-state index contributed by atoms with van der Waals surface area (Å²) in [5, 5.41) is 11.8. The van der Waals surface area contributed by atoms with Crippen LogP contribution in [0.1, 0.15) is 59.3 Å². The molecule has 1 aromatic heterocycles. The molecule has 1 saturated carbocycles. The molecule has 0 radical (unpaired) electrons. The number of oxazole rings is 1. The van der Waals surface area contributed by atoms with Gasteiger partial charge in [0.15, 0.2) is 5.89 Å². The highest BCUT2D eigenvalue weighted by Gasteiger charge is 2.30. The molecule has 0 saturated heterocycles. The normalized spacial score (nSPS) is 15.2. The quantitative estimate of drug-likeness (QED) is 0.883. The average molecular weight is 314 g/mol. The van der Waals surface area contributed by atoms with Crippen LogP contribution in [0, 0.1) is 6.92 Å². The van der Waals surface area contributed by atoms with Crippen LogP contribution in [0.2, 0.25) is 0 Å². The number of aliphatic carboxylic acids is 1. The Morgan fingerprint density at radius 1 is 1.39 bits per heavy atom. The third-order valence-electron chi connectivity index (χ3n) is 3.96. The van der Waals surface area contributed by atoms with Gasteiger partial charge in [0.1, 0.15) is 0 Å². The highest BCUT2D eigenvalue weighted by Crippen LogP contribution is 2.40. The Bertz CT molecular complexity index is 762. The van der Waals surface area contributed by atoms with Gasteiger partial charge in [0.2, 0.25) is 5.76 Å². The van der Waals surface area contributed by atoms with E-state index in [0.717, 1.165) is 12.8 Å². The minimum Gasteiger partial charge on any atom is -0.481 e. The van der Waals surface area contributed by atoms with Gasteiger partial charge in [-0.3, -0.25) is 9.59 Å². The number of rotatable bonds is 5. The molecule has 1 unspecified atom stereocenters. The number of carboxylic acids is 1. The summed E-state index contributed by atoms with van der Waals surface area (Å²) in [6.07, 6.45) is 2.10. The van der Waals surface area contributed by atoms with Gasteiger partial charge < -0.3 is 14.8 Å². The number of hydrogen-bond donors (Lipinski definition) is 2. The Morgan fingerprint density at radius 3 is 2.78 bits per heavy atom. The van der Waals surface area contributed by atoms with E-state index in [-0.39, 0.29) is 11.7 Å². The van der Waals surface area contributed by atoms with E-state index in [1.165, 1.54) is 0 Å². The predicted octanol–water partition coefficient (Wildman–Crippen LogP) is 3.30. The van der Waals surface area contributed by atoms with Crippen LogP contribution < -0.4 is 5.32 Å². The number of nitrogens with zero attached hydrogens (tertiary/aromatic N) is 1. The van der Waals surface area contributed by atoms with E-state index in [0.29, 0.717) is 28.8 Å². The number of carboxylic acid groups (broad SMARTS) is 1. The van der Waals surface area contributed by atoms with E-state index in [2.05, 4.69) is 10.3 Å². The largest absolute Gasteiger partial charge is 0.481 e. The monoisotopic (exact) mass is 314 g/mol. The maximum Gasteiger partial charge on any atom is 0.310 e. The van der Waals surface area contributed by atoms with E-state index >= 15 is 0 Å². The fourth-order valence-electron chi connectivity index (χ4n) is 2.35. The van der Waals surface area contributed by atoms with Crippen LogP contribution in [-0.4, -0.2) is 22.0 Å². The number of aryl methyl sites for hydroxylation is 1. The van der Waals surface area contributed by atoms with Crippen LogP contribution in [-0.2, 0) is 4.79 Å². The Labute approximate surface area is 133 Å². The number of amides is 1. The summed E-state index contributed by atoms with van der Waals surface area (Å²) in [7, 11) is 0. The van der Waals surface area contributed by atoms with Crippen LogP contribution in [0.25, 0.3) is 0 Å². The van der Waals surface area contributed by atoms with Crippen LogP contribution in [0.5, 0.6) is 0 Å². The number of carbonyl (C=O) groups excluding carboxylic acids is 1. The Balaban J connectivity index is 1.77. The summed E-state index contributed by atoms with van der Waals surface area (Å²) in [6, 6.07) is 6.81. The number of nitrogens with one attached hydrogen (secondary N) is 1. The number of benzene rings is 1. The van der Waals surface area contributed by atoms with Crippen molar-refractivity contribution in [1.29, 1.82) is 0 Å². The Morgan fingerprint density at radius 2 is 2.13 bits per heavy atom. The Kier molecular flexibility index (Phi) is 3.90. The molecular formula is C17H18N2O4. The minimum absolute atomic E-state index is 0.212. The summed E-state index contributed by atoms with van der Waals surface area (Å²) in [5.74, 6) is -0.740. The number of carbonyl (C=O) groups is 2. The van der Waals surface area contributed by atoms with Gasteiger partial charge in [-0.1, -0.05) is 12.1 Å². The van der Waals surface area contributed by atoms with Crippen molar-refractivity contribution in [3.63, 3.8) is 0 Å². The van der Waals surface area contributed by atoms with Crippen molar-refractivity contribution in [2.75, 3.05) is 5.32 Å². The lowest BCUT2D eigenvalue weighted by atomic mass is 10.0. The zero-order valence-corrected chi connectivity index (χ0v) is 13.0. The molecule has 0 aliphatic heterocycles. The summed E-state index contributed by atoms with van der Waals surface area (Å²) in [4.78, 5) is 27.7. The standard InChI is InChI=1S/C17H18N2O4/c1-9(17(21)22)12-4-3-5-13(8-12)19-15(20)14-10(2)18-16(23-14)11-6-7-11/h3-5,8-9,11H,6-7H2,1-2H3,(H,19,20)(H,21,22). The molecule has 0 bridgehead atoms. The summed E-state index contributed by atoms with van der Waals surface area (Å²) in [6.45, 7) is 3.35. The van der Waals surface area contributed by atoms with Crippen LogP contribution >= 0.6 is 0 Å². The first-order valence-electron chi connectivity index (χ1n) is 7.57. The van der Waals surface area contributed by atoms with Crippen LogP contribution in [0.4, 0.5) is 5.69 Å². The van der Waals surface area contributed by atoms with Crippen molar-refractivity contribution in [3.8, 4) is 0 Å². The second-order valence-electron chi connectivity index (χ2n) is 5.88. The summed E-state index contributed by atoms with van der Waals surface area (Å²) in [5.41, 5.74) is 1.73. The second kappa shape index (κ2) is 5.87. The molecule has 1 amide bonds. The predicted molar refractivity (Wildman–Crippen MR) is 83.7 cm³/mol. The summed E-state index contributed by atoms with van der Waals surface area (Å²) >= 11 is 0. The van der Waals surface area contributed by atoms with E-state index in [1.807, 2.05) is 0 Å². The molecule has 1 heterocycles. The molecule has 1 aromatic carbocycles. The molecule has 6 nitrogen and oxygen atoms in total. The fourth-order valence-corrected chi connectivity index (χ4v) is 2.35. The number of anilines is 1. The van der Waals surface area contributed by atoms with Gasteiger partial charge in [-0.2, -0.15) is 0 Å². The van der Waals surface area contributed by atoms with Crippen LogP contribution in [0.3, 0.4) is 0 Å². The van der Waals surface area contributed by atoms with Crippen molar-refractivity contribution in [2.24, 2.45) is 0 Å². The fraction of sp³-hybridized carbons (Fsp3) is 0.353. The van der Waals surface area contributed by atoms with Crippen LogP contribution in [0.15, 0.2) is 28.7 Å². The minimum atomic E-state index is -0.909. The first-order chi connectivity index (χ1) is 11.0. The highest BCUT2D eigenvalue weighted by atomic mass is 16.4. The second-order valence-corrected chi connectivity index (χ2v) is 5.88. The lowest BCUT2D eigenvalue weighted by Gasteiger charge is -2.09. The zero-order valence-electron chi connectivity index (χ0n) is 13.0. The molecule has 23 heavy (non-hydrogen) atoms. The van der Waals surface area contributed by atoms with Crippen molar-refractivity contribution < 1.29 is 19.1 Å². The van der Waals surface area contributed by atoms with Gasteiger partial charge in [0.05, 0.1) is 11.6 Å². The topological polar surface area (TPSA) is 92.4 Å². The van der Waals surface area contributed by atoms with Gasteiger partial charge in [-0.05, 0) is 44.4 Å². The van der Waals surface area contributed by atoms with Crippen molar-refractivity contribution >= 4 is 17.6 Å². The summed E-state index contributed by atoms with van der Waals surface area (Å²) < 4.78 is 5.57. The first-order valence-corrected chi connectivity index (χ1v) is 7.57. The number of hydrogen-bond acceptors (Lipinski definition) is 4. The smallest absolute Gasteiger partial charge is 0.310 e. The molecule has 3 rings (SSSR count). The molecule has 2 aromatic rings. The molecule has 1 aliphatic rings. The van der Waals surface area contributed by atoms with Gasteiger partial charge in [-0.25, -0.2) is 4.98 Å². The molecule has 2 N–H and O–H groups in total. The lowest BCUT2D eigenvalue weighted by Crippen LogP contribution is -2.13. The lowest BCUT2D eigenvalue weighted by molar-refractivity contribution is -0.138. The van der Waals surface area contributed by atoms with Gasteiger partial charge in [0, 0.05) is 11.6 Å². The van der Waals surface area contributed by atoms with Gasteiger partial charge in [-0.15, -0.1) is 0 Å². The highest BCUT2D eigenvalue weighted by molar-refractivity contribution is 6.03. The van der Waals surface area contributed by atoms with E-state index < -0.39 is 11.9 Å². The zero-order chi connectivity index (χ0) is 16.6. The van der Waals surface area contributed by atoms with E-state index in [9.17, 15) is 9.59 Å². The van der Waals surface area contributed by atoms with Gasteiger partial charge in [0.25, 0.3) is 5.91 Å². The SMILES string of the molecule is Cc1nc(C2CC2)oc1C(=O)Nc1cccc(C(C)C(=O)O)c1. The van der Waals surface area contributed by atoms with Crippen molar-refractivity contribution in [1.82, 2.24) is 4.98 Å². The number of aromatic nitrogens is 1. The van der Waals surface area contributed by atoms with E-state index in [4.69, 9.17) is 9.52 Å². The van der Waals surface area contributed by atoms with Crippen molar-refractivity contribution in [3.05, 3.63) is 47.2 Å². The van der Waals surface area contributed by atoms with Crippen molar-refractivity contribution in [2.45, 2.75) is 38.5 Å². The Hall–Kier alpha value is -2.63. The molecule has 1 atom stereocenters. The molecule has 120 valence electrons. The molecule has 1 aliphatic carbocycles. The molecule has 1 fully saturated rings. The molecule has 6 heteroatoms. The maximum absolute atomic E-state index is 12.3. The average Bonchev–Trinajstić information content (AvgIpc) is 3.29. The third-order valence-corrected chi connectivity index (χ3v) is 3.96. The van der Waals surface area contributed by atoms with Gasteiger partial charge >= 0.3 is 5.97 Å². The molecule has 0 spiro atoms. The first kappa shape index (κ1) is 15.3.